The molecule has 1 aromatic rings. The highest BCUT2D eigenvalue weighted by atomic mass is 16.5. The Balaban J connectivity index is 1.95. The van der Waals surface area contributed by atoms with Crippen molar-refractivity contribution >= 4 is 12.1 Å². The lowest BCUT2D eigenvalue weighted by Gasteiger charge is -2.17. The van der Waals surface area contributed by atoms with Gasteiger partial charge in [0.15, 0.2) is 11.5 Å². The first-order chi connectivity index (χ1) is 10.6. The summed E-state index contributed by atoms with van der Waals surface area (Å²) in [6, 6.07) is 4.03. The first kappa shape index (κ1) is 15.9. The zero-order chi connectivity index (χ0) is 16.1. The molecule has 8 nitrogen and oxygen atoms in total. The van der Waals surface area contributed by atoms with Crippen LogP contribution in [0.25, 0.3) is 0 Å². The Kier molecular flexibility index (Phi) is 5.05. The fourth-order valence-electron chi connectivity index (χ4n) is 2.12. The van der Waals surface area contributed by atoms with Crippen LogP contribution >= 0.6 is 0 Å². The van der Waals surface area contributed by atoms with E-state index >= 15 is 0 Å². The molecule has 0 unspecified atom stereocenters. The molecule has 3 N–H and O–H groups in total. The van der Waals surface area contributed by atoms with Gasteiger partial charge in [0.05, 0.1) is 20.3 Å². The number of benzene rings is 1. The lowest BCUT2D eigenvalue weighted by molar-refractivity contribution is 0.165. The number of methoxy groups -OCH3 is 2. The molecule has 8 heteroatoms. The maximum atomic E-state index is 11.8. The van der Waals surface area contributed by atoms with E-state index in [9.17, 15) is 14.7 Å². The number of rotatable bonds is 5. The Hall–Kier alpha value is -2.48. The molecule has 0 bridgehead atoms. The fraction of sp³-hybridized carbons (Fsp3) is 0.429. The largest absolute Gasteiger partial charge is 0.493 e. The summed E-state index contributed by atoms with van der Waals surface area (Å²) in [5.74, 6) is 1.04. The number of hydrogen-bond acceptors (Lipinski definition) is 5. The summed E-state index contributed by atoms with van der Waals surface area (Å²) in [6.07, 6.45) is -0.922. The normalized spacial score (nSPS) is 15.2. The third-order valence-corrected chi connectivity index (χ3v) is 3.34. The molecule has 1 saturated heterocycles. The van der Waals surface area contributed by atoms with Gasteiger partial charge in [-0.05, 0) is 17.7 Å². The zero-order valence-electron chi connectivity index (χ0n) is 12.5. The van der Waals surface area contributed by atoms with Gasteiger partial charge in [-0.1, -0.05) is 6.07 Å². The smallest absolute Gasteiger partial charge is 0.325 e. The fourth-order valence-corrected chi connectivity index (χ4v) is 2.12. The van der Waals surface area contributed by atoms with Crippen molar-refractivity contribution in [1.82, 2.24) is 15.5 Å². The van der Waals surface area contributed by atoms with E-state index in [0.29, 0.717) is 30.2 Å². The number of imide groups is 1. The molecular formula is C14H19N3O5. The maximum Gasteiger partial charge on any atom is 0.325 e. The van der Waals surface area contributed by atoms with E-state index in [4.69, 9.17) is 9.47 Å². The molecule has 120 valence electrons. The molecule has 0 saturated carbocycles. The number of aliphatic hydroxyl groups is 1. The summed E-state index contributed by atoms with van der Waals surface area (Å²) >= 11 is 0. The van der Waals surface area contributed by atoms with E-state index in [2.05, 4.69) is 10.6 Å². The van der Waals surface area contributed by atoms with Gasteiger partial charge in [-0.2, -0.15) is 0 Å². The van der Waals surface area contributed by atoms with Crippen molar-refractivity contribution in [3.05, 3.63) is 23.8 Å². The Morgan fingerprint density at radius 2 is 2.14 bits per heavy atom. The van der Waals surface area contributed by atoms with Crippen LogP contribution < -0.4 is 20.1 Å². The lowest BCUT2D eigenvalue weighted by Crippen LogP contribution is -2.43. The summed E-state index contributed by atoms with van der Waals surface area (Å²) in [5, 5.41) is 15.2. The monoisotopic (exact) mass is 309 g/mol. The van der Waals surface area contributed by atoms with Gasteiger partial charge in [0, 0.05) is 19.6 Å². The van der Waals surface area contributed by atoms with Crippen molar-refractivity contribution < 1.29 is 24.2 Å². The van der Waals surface area contributed by atoms with Crippen LogP contribution in [0, 0.1) is 0 Å². The Bertz CT molecular complexity index is 563. The van der Waals surface area contributed by atoms with E-state index in [1.165, 1.54) is 14.2 Å². The third kappa shape index (κ3) is 3.40. The minimum Gasteiger partial charge on any atom is -0.493 e. The molecule has 0 spiro atoms. The first-order valence-corrected chi connectivity index (χ1v) is 6.80. The Morgan fingerprint density at radius 3 is 2.73 bits per heavy atom. The number of ether oxygens (including phenoxy) is 2. The molecule has 2 rings (SSSR count). The predicted molar refractivity (Wildman–Crippen MR) is 78.0 cm³/mol. The molecule has 1 atom stereocenters. The topological polar surface area (TPSA) is 100 Å². The Labute approximate surface area is 128 Å². The summed E-state index contributed by atoms with van der Waals surface area (Å²) in [4.78, 5) is 24.2. The van der Waals surface area contributed by atoms with Gasteiger partial charge in [-0.3, -0.25) is 0 Å². The van der Waals surface area contributed by atoms with Crippen LogP contribution in [0.15, 0.2) is 18.2 Å². The van der Waals surface area contributed by atoms with Gasteiger partial charge in [0.1, 0.15) is 0 Å². The van der Waals surface area contributed by atoms with Gasteiger partial charge >= 0.3 is 12.1 Å². The second kappa shape index (κ2) is 6.99. The summed E-state index contributed by atoms with van der Waals surface area (Å²) < 4.78 is 10.3. The van der Waals surface area contributed by atoms with Crippen LogP contribution in [-0.2, 0) is 0 Å². The number of nitrogens with one attached hydrogen (secondary N) is 2. The maximum absolute atomic E-state index is 11.8. The van der Waals surface area contributed by atoms with Crippen LogP contribution in [0.5, 0.6) is 11.5 Å². The number of amides is 4. The first-order valence-electron chi connectivity index (χ1n) is 6.80. The van der Waals surface area contributed by atoms with Crippen LogP contribution in [0.3, 0.4) is 0 Å². The standard InChI is InChI=1S/C14H19N3O5/c1-21-11-4-3-9(7-12(11)22-2)10(18)8-16-14(20)17-6-5-15-13(17)19/h3-4,7,10,18H,5-6,8H2,1-2H3,(H,15,19)(H,16,20)/t10-/m0/s1. The molecule has 1 fully saturated rings. The SMILES string of the molecule is COc1ccc([C@@H](O)CNC(=O)N2CCNC2=O)cc1OC. The Morgan fingerprint density at radius 1 is 1.41 bits per heavy atom. The molecule has 0 aromatic heterocycles. The second-order valence-electron chi connectivity index (χ2n) is 4.70. The van der Waals surface area contributed by atoms with Gasteiger partial charge in [-0.15, -0.1) is 0 Å². The number of hydrogen-bond donors (Lipinski definition) is 3. The average Bonchev–Trinajstić information content (AvgIpc) is 2.97. The average molecular weight is 309 g/mol. The van der Waals surface area contributed by atoms with E-state index in [1.807, 2.05) is 0 Å². The number of carbonyl (C=O) groups excluding carboxylic acids is 2. The number of nitrogens with zero attached hydrogens (tertiary/aromatic N) is 1. The molecule has 1 aliphatic rings. The minimum atomic E-state index is -0.922. The highest BCUT2D eigenvalue weighted by Gasteiger charge is 2.26. The summed E-state index contributed by atoms with van der Waals surface area (Å²) in [6.45, 7) is 0.736. The van der Waals surface area contributed by atoms with Gasteiger partial charge < -0.3 is 25.2 Å². The highest BCUT2D eigenvalue weighted by molar-refractivity contribution is 5.94. The molecule has 1 aliphatic heterocycles. The highest BCUT2D eigenvalue weighted by Crippen LogP contribution is 2.29. The van der Waals surface area contributed by atoms with Gasteiger partial charge in [0.2, 0.25) is 0 Å². The molecule has 1 aromatic carbocycles. The van der Waals surface area contributed by atoms with Gasteiger partial charge in [0.25, 0.3) is 0 Å². The van der Waals surface area contributed by atoms with Crippen molar-refractivity contribution in [3.63, 3.8) is 0 Å². The quantitative estimate of drug-likeness (QED) is 0.734. The number of urea groups is 2. The molecule has 22 heavy (non-hydrogen) atoms. The number of carbonyl (C=O) groups is 2. The summed E-state index contributed by atoms with van der Waals surface area (Å²) in [5.41, 5.74) is 0.573. The van der Waals surface area contributed by atoms with Crippen LogP contribution in [0.1, 0.15) is 11.7 Å². The lowest BCUT2D eigenvalue weighted by atomic mass is 10.1. The van der Waals surface area contributed by atoms with Gasteiger partial charge in [-0.25, -0.2) is 14.5 Å². The van der Waals surface area contributed by atoms with E-state index in [0.717, 1.165) is 4.90 Å². The van der Waals surface area contributed by atoms with Crippen molar-refractivity contribution in [3.8, 4) is 11.5 Å². The minimum absolute atomic E-state index is 0.0158. The predicted octanol–water partition coefficient (Wildman–Crippen LogP) is 0.472. The van der Waals surface area contributed by atoms with Crippen molar-refractivity contribution in [2.24, 2.45) is 0 Å². The van der Waals surface area contributed by atoms with E-state index < -0.39 is 18.2 Å². The van der Waals surface area contributed by atoms with E-state index in [-0.39, 0.29) is 6.54 Å². The van der Waals surface area contributed by atoms with Crippen molar-refractivity contribution in [2.45, 2.75) is 6.10 Å². The molecule has 4 amide bonds. The summed E-state index contributed by atoms with van der Waals surface area (Å²) in [7, 11) is 3.02. The molecular weight excluding hydrogens is 290 g/mol. The third-order valence-electron chi connectivity index (χ3n) is 3.34. The van der Waals surface area contributed by atoms with Crippen LogP contribution in [0.4, 0.5) is 9.59 Å². The van der Waals surface area contributed by atoms with Crippen LogP contribution in [0.2, 0.25) is 0 Å². The van der Waals surface area contributed by atoms with E-state index in [1.54, 1.807) is 18.2 Å². The van der Waals surface area contributed by atoms with Crippen molar-refractivity contribution in [2.75, 3.05) is 33.9 Å². The van der Waals surface area contributed by atoms with Crippen LogP contribution in [-0.4, -0.2) is 55.9 Å². The molecule has 0 radical (unpaired) electrons. The molecule has 0 aliphatic carbocycles. The number of aliphatic hydroxyl groups excluding tert-OH is 1. The van der Waals surface area contributed by atoms with Crippen molar-refractivity contribution in [1.29, 1.82) is 0 Å². The zero-order valence-corrected chi connectivity index (χ0v) is 12.5. The second-order valence-corrected chi connectivity index (χ2v) is 4.70. The molecule has 1 heterocycles.